The highest BCUT2D eigenvalue weighted by molar-refractivity contribution is 5.66. The van der Waals surface area contributed by atoms with Gasteiger partial charge >= 0.3 is 0 Å². The number of anilines is 2. The van der Waals surface area contributed by atoms with E-state index in [4.69, 9.17) is 16.7 Å². The number of benzene rings is 1. The summed E-state index contributed by atoms with van der Waals surface area (Å²) in [6.45, 7) is 0. The van der Waals surface area contributed by atoms with Crippen LogP contribution in [0.3, 0.4) is 0 Å². The van der Waals surface area contributed by atoms with E-state index in [0.29, 0.717) is 16.9 Å². The average Bonchev–Trinajstić information content (AvgIpc) is 1.88. The van der Waals surface area contributed by atoms with Crippen molar-refractivity contribution in [3.8, 4) is 6.07 Å². The van der Waals surface area contributed by atoms with Crippen LogP contribution in [0.5, 0.6) is 0 Å². The third kappa shape index (κ3) is 0.869. The van der Waals surface area contributed by atoms with Crippen molar-refractivity contribution in [1.29, 1.82) is 5.26 Å². The van der Waals surface area contributed by atoms with Crippen LogP contribution in [0.1, 0.15) is 5.56 Å². The van der Waals surface area contributed by atoms with Gasteiger partial charge in [-0.05, 0) is 12.1 Å². The van der Waals surface area contributed by atoms with Crippen LogP contribution in [0.15, 0.2) is 18.2 Å². The lowest BCUT2D eigenvalue weighted by Crippen LogP contribution is -1.95. The molecule has 1 rings (SSSR count). The van der Waals surface area contributed by atoms with Crippen LogP contribution >= 0.6 is 0 Å². The van der Waals surface area contributed by atoms with Gasteiger partial charge in [0.1, 0.15) is 6.07 Å². The Morgan fingerprint density at radius 3 is 2.00 bits per heavy atom. The molecular weight excluding hydrogens is 126 g/mol. The molecule has 0 bridgehead atoms. The fourth-order valence-corrected chi connectivity index (χ4v) is 0.718. The second-order valence-corrected chi connectivity index (χ2v) is 1.92. The molecule has 0 atom stereocenters. The second-order valence-electron chi connectivity index (χ2n) is 1.92. The Morgan fingerprint density at radius 2 is 1.70 bits per heavy atom. The van der Waals surface area contributed by atoms with Gasteiger partial charge in [0.25, 0.3) is 0 Å². The van der Waals surface area contributed by atoms with Crippen LogP contribution in [0.4, 0.5) is 11.4 Å². The smallest absolute Gasteiger partial charge is 0.103 e. The molecule has 0 heterocycles. The summed E-state index contributed by atoms with van der Waals surface area (Å²) in [7, 11) is 0. The van der Waals surface area contributed by atoms with E-state index in [0.717, 1.165) is 0 Å². The largest absolute Gasteiger partial charge is 0.398 e. The number of nitriles is 1. The predicted octanol–water partition coefficient (Wildman–Crippen LogP) is 0.723. The molecule has 0 aliphatic carbocycles. The molecule has 0 radical (unpaired) electrons. The number of nitrogen functional groups attached to an aromatic ring is 2. The summed E-state index contributed by atoms with van der Waals surface area (Å²) in [6, 6.07) is 6.92. The number of rotatable bonds is 0. The highest BCUT2D eigenvalue weighted by Gasteiger charge is 1.99. The van der Waals surface area contributed by atoms with Gasteiger partial charge in [-0.15, -0.1) is 0 Å². The van der Waals surface area contributed by atoms with E-state index in [9.17, 15) is 0 Å². The minimum Gasteiger partial charge on any atom is -0.398 e. The molecule has 3 heteroatoms. The van der Waals surface area contributed by atoms with E-state index in [1.165, 1.54) is 0 Å². The first kappa shape index (κ1) is 6.43. The number of hydrogen-bond donors (Lipinski definition) is 2. The van der Waals surface area contributed by atoms with E-state index < -0.39 is 0 Å². The first-order valence-electron chi connectivity index (χ1n) is 2.79. The summed E-state index contributed by atoms with van der Waals surface area (Å²) in [6.07, 6.45) is 0. The fraction of sp³-hybridized carbons (Fsp3) is 0. The van der Waals surface area contributed by atoms with Gasteiger partial charge in [0.2, 0.25) is 0 Å². The zero-order valence-corrected chi connectivity index (χ0v) is 5.33. The van der Waals surface area contributed by atoms with Gasteiger partial charge in [0.05, 0.1) is 16.9 Å². The maximum atomic E-state index is 8.49. The van der Waals surface area contributed by atoms with Crippen molar-refractivity contribution in [2.75, 3.05) is 11.5 Å². The monoisotopic (exact) mass is 133 g/mol. The second kappa shape index (κ2) is 2.28. The third-order valence-corrected chi connectivity index (χ3v) is 1.24. The van der Waals surface area contributed by atoms with E-state index >= 15 is 0 Å². The maximum Gasteiger partial charge on any atom is 0.103 e. The van der Waals surface area contributed by atoms with Crippen molar-refractivity contribution < 1.29 is 0 Å². The molecule has 3 nitrogen and oxygen atoms in total. The fourth-order valence-electron chi connectivity index (χ4n) is 0.718. The minimum atomic E-state index is 0.363. The molecule has 0 aliphatic heterocycles. The number of hydrogen-bond acceptors (Lipinski definition) is 3. The van der Waals surface area contributed by atoms with Crippen molar-refractivity contribution >= 4 is 11.4 Å². The predicted molar refractivity (Wildman–Crippen MR) is 40.0 cm³/mol. The lowest BCUT2D eigenvalue weighted by Gasteiger charge is -1.98. The van der Waals surface area contributed by atoms with Gasteiger partial charge in [0, 0.05) is 0 Å². The molecule has 0 aliphatic rings. The van der Waals surface area contributed by atoms with Crippen LogP contribution in [0.2, 0.25) is 0 Å². The van der Waals surface area contributed by atoms with Crippen LogP contribution in [-0.2, 0) is 0 Å². The van der Waals surface area contributed by atoms with Crippen molar-refractivity contribution in [3.63, 3.8) is 0 Å². The van der Waals surface area contributed by atoms with Gasteiger partial charge in [-0.3, -0.25) is 0 Å². The first-order chi connectivity index (χ1) is 4.75. The van der Waals surface area contributed by atoms with Crippen molar-refractivity contribution in [2.24, 2.45) is 0 Å². The highest BCUT2D eigenvalue weighted by atomic mass is 14.6. The Hall–Kier alpha value is -1.69. The molecule has 0 aromatic heterocycles. The highest BCUT2D eigenvalue weighted by Crippen LogP contribution is 2.16. The Labute approximate surface area is 58.9 Å². The van der Waals surface area contributed by atoms with Crippen LogP contribution in [0, 0.1) is 11.3 Å². The molecule has 0 fully saturated rings. The van der Waals surface area contributed by atoms with E-state index in [1.807, 2.05) is 6.07 Å². The first-order valence-corrected chi connectivity index (χ1v) is 2.79. The van der Waals surface area contributed by atoms with E-state index in [1.54, 1.807) is 18.2 Å². The summed E-state index contributed by atoms with van der Waals surface area (Å²) in [5, 5.41) is 8.49. The summed E-state index contributed by atoms with van der Waals surface area (Å²) >= 11 is 0. The molecular formula is C7H7N3. The van der Waals surface area contributed by atoms with Crippen LogP contribution in [0.25, 0.3) is 0 Å². The molecule has 0 saturated heterocycles. The lowest BCUT2D eigenvalue weighted by atomic mass is 10.1. The summed E-state index contributed by atoms with van der Waals surface area (Å²) in [5.74, 6) is 0. The molecule has 4 N–H and O–H groups in total. The normalized spacial score (nSPS) is 8.70. The van der Waals surface area contributed by atoms with E-state index in [-0.39, 0.29) is 0 Å². The van der Waals surface area contributed by atoms with Crippen molar-refractivity contribution in [3.05, 3.63) is 23.8 Å². The molecule has 0 saturated carbocycles. The summed E-state index contributed by atoms with van der Waals surface area (Å²) in [5.41, 5.74) is 12.1. The quantitative estimate of drug-likeness (QED) is 0.512. The molecule has 10 heavy (non-hydrogen) atoms. The molecule has 1 aromatic carbocycles. The Bertz CT molecular complexity index is 265. The zero-order chi connectivity index (χ0) is 7.56. The van der Waals surface area contributed by atoms with Crippen molar-refractivity contribution in [2.45, 2.75) is 0 Å². The Balaban J connectivity index is 3.34. The van der Waals surface area contributed by atoms with Gasteiger partial charge < -0.3 is 11.5 Å². The molecule has 0 unspecified atom stereocenters. The zero-order valence-electron chi connectivity index (χ0n) is 5.33. The maximum absolute atomic E-state index is 8.49. The number of nitrogens with zero attached hydrogens (tertiary/aromatic N) is 1. The standard InChI is InChI=1S/C7H7N3/c8-4-5-6(9)2-1-3-7(5)10/h1-3H,9-10H2. The van der Waals surface area contributed by atoms with Crippen LogP contribution in [-0.4, -0.2) is 0 Å². The molecule has 0 spiro atoms. The van der Waals surface area contributed by atoms with Gasteiger partial charge in [0.15, 0.2) is 0 Å². The van der Waals surface area contributed by atoms with Gasteiger partial charge in [-0.2, -0.15) is 5.26 Å². The third-order valence-electron chi connectivity index (χ3n) is 1.24. The molecule has 1 aromatic rings. The summed E-state index contributed by atoms with van der Waals surface area (Å²) in [4.78, 5) is 0. The molecule has 50 valence electrons. The topological polar surface area (TPSA) is 75.8 Å². The average molecular weight is 133 g/mol. The molecule has 0 amide bonds. The minimum absolute atomic E-state index is 0.363. The van der Waals surface area contributed by atoms with Gasteiger partial charge in [-0.1, -0.05) is 6.07 Å². The van der Waals surface area contributed by atoms with E-state index in [2.05, 4.69) is 0 Å². The Morgan fingerprint density at radius 1 is 1.20 bits per heavy atom. The van der Waals surface area contributed by atoms with Crippen LogP contribution < -0.4 is 11.5 Å². The van der Waals surface area contributed by atoms with Gasteiger partial charge in [-0.25, -0.2) is 0 Å². The number of nitrogens with two attached hydrogens (primary N) is 2. The lowest BCUT2D eigenvalue weighted by molar-refractivity contribution is 1.48. The summed E-state index contributed by atoms with van der Waals surface area (Å²) < 4.78 is 0. The Kier molecular flexibility index (Phi) is 1.46. The van der Waals surface area contributed by atoms with Crippen molar-refractivity contribution in [1.82, 2.24) is 0 Å². The SMILES string of the molecule is N#Cc1c(N)cccc1N.